The average Bonchev–Trinajstić information content (AvgIpc) is 2.91. The van der Waals surface area contributed by atoms with Crippen LogP contribution in [0.15, 0.2) is 29.2 Å². The molecule has 1 fully saturated rings. The van der Waals surface area contributed by atoms with E-state index in [0.29, 0.717) is 48.3 Å². The minimum Gasteiger partial charge on any atom is -0.379 e. The fourth-order valence-corrected chi connectivity index (χ4v) is 5.03. The molecule has 2 N–H and O–H groups in total. The third-order valence-corrected chi connectivity index (χ3v) is 6.65. The second-order valence-electron chi connectivity index (χ2n) is 6.06. The SMILES string of the molecule is Cc1[nH]c(C(=O)Nc2cccc(Cl)c2)c(C)c1S(=O)(=O)N1CCOCC1. The van der Waals surface area contributed by atoms with Crippen molar-refractivity contribution in [2.75, 3.05) is 31.6 Å². The van der Waals surface area contributed by atoms with Crippen molar-refractivity contribution in [3.8, 4) is 0 Å². The Hall–Kier alpha value is -1.87. The van der Waals surface area contributed by atoms with Gasteiger partial charge in [0.15, 0.2) is 0 Å². The van der Waals surface area contributed by atoms with Crippen LogP contribution in [-0.2, 0) is 14.8 Å². The van der Waals surface area contributed by atoms with Gasteiger partial charge in [-0.3, -0.25) is 4.79 Å². The summed E-state index contributed by atoms with van der Waals surface area (Å²) in [7, 11) is -3.69. The van der Waals surface area contributed by atoms with Crippen molar-refractivity contribution in [1.29, 1.82) is 0 Å². The normalized spacial score (nSPS) is 15.8. The molecule has 2 heterocycles. The number of hydrogen-bond acceptors (Lipinski definition) is 4. The number of halogens is 1. The first-order valence-corrected chi connectivity index (χ1v) is 9.96. The molecule has 1 saturated heterocycles. The van der Waals surface area contributed by atoms with Gasteiger partial charge in [-0.2, -0.15) is 4.31 Å². The number of nitrogens with zero attached hydrogens (tertiary/aromatic N) is 1. The van der Waals surface area contributed by atoms with Gasteiger partial charge >= 0.3 is 0 Å². The Labute approximate surface area is 157 Å². The highest BCUT2D eigenvalue weighted by Crippen LogP contribution is 2.27. The molecule has 0 spiro atoms. The highest BCUT2D eigenvalue weighted by Gasteiger charge is 2.32. The van der Waals surface area contributed by atoms with Gasteiger partial charge in [-0.25, -0.2) is 8.42 Å². The first-order valence-electron chi connectivity index (χ1n) is 8.14. The maximum atomic E-state index is 13.0. The van der Waals surface area contributed by atoms with Crippen LogP contribution in [0.4, 0.5) is 5.69 Å². The lowest BCUT2D eigenvalue weighted by molar-refractivity contribution is 0.0730. The topological polar surface area (TPSA) is 91.5 Å². The minimum atomic E-state index is -3.69. The van der Waals surface area contributed by atoms with E-state index in [1.807, 2.05) is 0 Å². The summed E-state index contributed by atoms with van der Waals surface area (Å²) in [6, 6.07) is 6.75. The molecule has 2 aromatic rings. The maximum absolute atomic E-state index is 13.0. The van der Waals surface area contributed by atoms with Crippen LogP contribution in [0.2, 0.25) is 5.02 Å². The molecule has 1 amide bonds. The van der Waals surface area contributed by atoms with Gasteiger partial charge in [0, 0.05) is 29.5 Å². The molecule has 26 heavy (non-hydrogen) atoms. The van der Waals surface area contributed by atoms with Gasteiger partial charge in [0.1, 0.15) is 10.6 Å². The highest BCUT2D eigenvalue weighted by molar-refractivity contribution is 7.89. The van der Waals surface area contributed by atoms with E-state index < -0.39 is 15.9 Å². The number of hydrogen-bond donors (Lipinski definition) is 2. The number of carbonyl (C=O) groups excluding carboxylic acids is 1. The third kappa shape index (κ3) is 3.64. The molecule has 0 bridgehead atoms. The molecule has 1 aromatic heterocycles. The zero-order valence-electron chi connectivity index (χ0n) is 14.5. The first-order chi connectivity index (χ1) is 12.3. The van der Waals surface area contributed by atoms with Gasteiger partial charge in [-0.05, 0) is 37.6 Å². The summed E-state index contributed by atoms with van der Waals surface area (Å²) in [4.78, 5) is 15.7. The molecular weight excluding hydrogens is 378 g/mol. The monoisotopic (exact) mass is 397 g/mol. The number of carbonyl (C=O) groups is 1. The van der Waals surface area contributed by atoms with E-state index in [2.05, 4.69) is 10.3 Å². The van der Waals surface area contributed by atoms with E-state index in [0.717, 1.165) is 0 Å². The molecule has 0 aliphatic carbocycles. The molecule has 0 atom stereocenters. The van der Waals surface area contributed by atoms with Gasteiger partial charge in [-0.15, -0.1) is 0 Å². The first kappa shape index (κ1) is 18.9. The quantitative estimate of drug-likeness (QED) is 0.829. The molecule has 1 aromatic carbocycles. The van der Waals surface area contributed by atoms with Gasteiger partial charge in [-0.1, -0.05) is 17.7 Å². The largest absolute Gasteiger partial charge is 0.379 e. The number of sulfonamides is 1. The summed E-state index contributed by atoms with van der Waals surface area (Å²) in [6.07, 6.45) is 0. The summed E-state index contributed by atoms with van der Waals surface area (Å²) in [5.41, 5.74) is 1.58. The van der Waals surface area contributed by atoms with Gasteiger partial charge in [0.25, 0.3) is 5.91 Å². The van der Waals surface area contributed by atoms with Gasteiger partial charge in [0.05, 0.1) is 13.2 Å². The fourth-order valence-electron chi connectivity index (χ4n) is 3.02. The Morgan fingerprint density at radius 3 is 2.62 bits per heavy atom. The van der Waals surface area contributed by atoms with Crippen molar-refractivity contribution in [3.63, 3.8) is 0 Å². The van der Waals surface area contributed by atoms with E-state index in [1.165, 1.54) is 4.31 Å². The standard InChI is InChI=1S/C17H20ClN3O4S/c1-11-15(17(22)20-14-5-3-4-13(18)10-14)19-12(2)16(11)26(23,24)21-6-8-25-9-7-21/h3-5,10,19H,6-9H2,1-2H3,(H,20,22). The smallest absolute Gasteiger partial charge is 0.272 e. The summed E-state index contributed by atoms with van der Waals surface area (Å²) in [5.74, 6) is -0.420. The van der Waals surface area contributed by atoms with Gasteiger partial charge < -0.3 is 15.0 Å². The van der Waals surface area contributed by atoms with Crippen LogP contribution in [0.5, 0.6) is 0 Å². The van der Waals surface area contributed by atoms with Crippen LogP contribution in [0.1, 0.15) is 21.7 Å². The molecule has 0 radical (unpaired) electrons. The number of H-pyrrole nitrogens is 1. The Morgan fingerprint density at radius 2 is 1.96 bits per heavy atom. The number of ether oxygens (including phenoxy) is 1. The van der Waals surface area contributed by atoms with E-state index in [-0.39, 0.29) is 10.6 Å². The van der Waals surface area contributed by atoms with Crippen LogP contribution in [0, 0.1) is 13.8 Å². The van der Waals surface area contributed by atoms with Crippen LogP contribution in [0.25, 0.3) is 0 Å². The lowest BCUT2D eigenvalue weighted by Gasteiger charge is -2.26. The molecule has 1 aliphatic heterocycles. The number of rotatable bonds is 4. The van der Waals surface area contributed by atoms with Crippen molar-refractivity contribution in [3.05, 3.63) is 46.2 Å². The Bertz CT molecular complexity index is 933. The van der Waals surface area contributed by atoms with E-state index in [1.54, 1.807) is 38.1 Å². The summed E-state index contributed by atoms with van der Waals surface area (Å²) in [5, 5.41) is 3.23. The number of aryl methyl sites for hydroxylation is 1. The zero-order valence-corrected chi connectivity index (χ0v) is 16.1. The van der Waals surface area contributed by atoms with Crippen molar-refractivity contribution in [2.24, 2.45) is 0 Å². The molecule has 140 valence electrons. The number of aromatic amines is 1. The second-order valence-corrected chi connectivity index (χ2v) is 8.37. The third-order valence-electron chi connectivity index (χ3n) is 4.25. The maximum Gasteiger partial charge on any atom is 0.272 e. The predicted molar refractivity (Wildman–Crippen MR) is 99.2 cm³/mol. The number of morpholine rings is 1. The molecule has 9 heteroatoms. The number of amides is 1. The number of benzene rings is 1. The summed E-state index contributed by atoms with van der Waals surface area (Å²) < 4.78 is 32.5. The summed E-state index contributed by atoms with van der Waals surface area (Å²) in [6.45, 7) is 4.61. The van der Waals surface area contributed by atoms with Crippen LogP contribution < -0.4 is 5.32 Å². The molecule has 0 saturated carbocycles. The lowest BCUT2D eigenvalue weighted by atomic mass is 10.2. The Balaban J connectivity index is 1.91. The van der Waals surface area contributed by atoms with Crippen molar-refractivity contribution >= 4 is 33.2 Å². The molecule has 7 nitrogen and oxygen atoms in total. The van der Waals surface area contributed by atoms with Gasteiger partial charge in [0.2, 0.25) is 10.0 Å². The zero-order chi connectivity index (χ0) is 18.9. The number of anilines is 1. The minimum absolute atomic E-state index is 0.149. The second kappa shape index (κ2) is 7.40. The molecule has 3 rings (SSSR count). The van der Waals surface area contributed by atoms with Crippen molar-refractivity contribution in [1.82, 2.24) is 9.29 Å². The molecule has 1 aliphatic rings. The van der Waals surface area contributed by atoms with Crippen molar-refractivity contribution < 1.29 is 17.9 Å². The fraction of sp³-hybridized carbons (Fsp3) is 0.353. The van der Waals surface area contributed by atoms with E-state index in [4.69, 9.17) is 16.3 Å². The van der Waals surface area contributed by atoms with Crippen LogP contribution >= 0.6 is 11.6 Å². The summed E-state index contributed by atoms with van der Waals surface area (Å²) >= 11 is 5.93. The number of nitrogens with one attached hydrogen (secondary N) is 2. The Kier molecular flexibility index (Phi) is 5.38. The van der Waals surface area contributed by atoms with Crippen LogP contribution in [0.3, 0.4) is 0 Å². The van der Waals surface area contributed by atoms with E-state index in [9.17, 15) is 13.2 Å². The van der Waals surface area contributed by atoms with E-state index >= 15 is 0 Å². The van der Waals surface area contributed by atoms with Crippen molar-refractivity contribution in [2.45, 2.75) is 18.7 Å². The predicted octanol–water partition coefficient (Wildman–Crippen LogP) is 2.56. The molecular formula is C17H20ClN3O4S. The molecule has 0 unspecified atom stereocenters. The lowest BCUT2D eigenvalue weighted by Crippen LogP contribution is -2.40. The number of aromatic nitrogens is 1. The highest BCUT2D eigenvalue weighted by atomic mass is 35.5. The average molecular weight is 398 g/mol. The Morgan fingerprint density at radius 1 is 1.27 bits per heavy atom. The van der Waals surface area contributed by atoms with Crippen LogP contribution in [-0.4, -0.2) is 49.9 Å².